The fraction of sp³-hybridized carbons (Fsp3) is 0.900. The summed E-state index contributed by atoms with van der Waals surface area (Å²) in [6.45, 7) is 12.6. The lowest BCUT2D eigenvalue weighted by Crippen LogP contribution is -2.38. The van der Waals surface area contributed by atoms with Crippen molar-refractivity contribution in [3.05, 3.63) is 0 Å². The zero-order valence-corrected chi connectivity index (χ0v) is 8.56. The van der Waals surface area contributed by atoms with Crippen LogP contribution in [0.1, 0.15) is 41.5 Å². The smallest absolute Gasteiger partial charge is 0.126 e. The summed E-state index contributed by atoms with van der Waals surface area (Å²) in [5.74, 6) is 0.403. The molecule has 0 saturated carbocycles. The van der Waals surface area contributed by atoms with E-state index in [2.05, 4.69) is 34.6 Å². The minimum atomic E-state index is -0.201. The maximum absolute atomic E-state index is 10.9. The first-order valence-electron chi connectivity index (χ1n) is 4.22. The zero-order chi connectivity index (χ0) is 9.28. The summed E-state index contributed by atoms with van der Waals surface area (Å²) in [6, 6.07) is 0. The van der Waals surface area contributed by atoms with E-state index in [9.17, 15) is 4.79 Å². The Morgan fingerprint density at radius 2 is 1.45 bits per heavy atom. The summed E-state index contributed by atoms with van der Waals surface area (Å²) in [4.78, 5) is 10.9. The van der Waals surface area contributed by atoms with Crippen molar-refractivity contribution in [2.75, 3.05) is 0 Å². The minimum absolute atomic E-state index is 0.0584. The molecule has 0 aromatic rings. The molecule has 1 unspecified atom stereocenters. The molecule has 0 heterocycles. The third-order valence-corrected chi connectivity index (χ3v) is 3.06. The van der Waals surface area contributed by atoms with Crippen LogP contribution in [0.15, 0.2) is 0 Å². The first-order chi connectivity index (χ1) is 4.75. The van der Waals surface area contributed by atoms with Crippen LogP contribution >= 0.6 is 0 Å². The minimum Gasteiger partial charge on any atom is -0.303 e. The van der Waals surface area contributed by atoms with Crippen molar-refractivity contribution < 1.29 is 4.79 Å². The van der Waals surface area contributed by atoms with Crippen molar-refractivity contribution in [1.82, 2.24) is 0 Å². The molecule has 0 aliphatic heterocycles. The van der Waals surface area contributed by atoms with Gasteiger partial charge in [0.25, 0.3) is 0 Å². The van der Waals surface area contributed by atoms with Crippen LogP contribution in [0.2, 0.25) is 0 Å². The predicted octanol–water partition coefficient (Wildman–Crippen LogP) is 2.89. The van der Waals surface area contributed by atoms with E-state index in [1.54, 1.807) is 0 Å². The topological polar surface area (TPSA) is 17.1 Å². The summed E-state index contributed by atoms with van der Waals surface area (Å²) in [5.41, 5.74) is -0.143. The van der Waals surface area contributed by atoms with Gasteiger partial charge in [-0.3, -0.25) is 0 Å². The molecule has 11 heavy (non-hydrogen) atoms. The summed E-state index contributed by atoms with van der Waals surface area (Å²) < 4.78 is 0. The maximum Gasteiger partial charge on any atom is 0.126 e. The van der Waals surface area contributed by atoms with Crippen molar-refractivity contribution in [2.24, 2.45) is 16.7 Å². The first kappa shape index (κ1) is 10.7. The molecule has 0 spiro atoms. The largest absolute Gasteiger partial charge is 0.303 e. The van der Waals surface area contributed by atoms with Crippen LogP contribution in [0.4, 0.5) is 0 Å². The van der Waals surface area contributed by atoms with E-state index < -0.39 is 0 Å². The third kappa shape index (κ3) is 1.82. The van der Waals surface area contributed by atoms with Gasteiger partial charge in [-0.2, -0.15) is 0 Å². The molecule has 66 valence electrons. The van der Waals surface area contributed by atoms with Gasteiger partial charge < -0.3 is 4.79 Å². The normalized spacial score (nSPS) is 18.1. The summed E-state index contributed by atoms with van der Waals surface area (Å²) >= 11 is 0. The fourth-order valence-electron chi connectivity index (χ4n) is 1.18. The van der Waals surface area contributed by atoms with Gasteiger partial charge in [0.1, 0.15) is 6.29 Å². The Balaban J connectivity index is 4.75. The molecule has 0 aliphatic carbocycles. The molecule has 1 heteroatoms. The van der Waals surface area contributed by atoms with E-state index in [0.717, 1.165) is 6.29 Å². The van der Waals surface area contributed by atoms with Gasteiger partial charge in [0.15, 0.2) is 0 Å². The maximum atomic E-state index is 10.9. The van der Waals surface area contributed by atoms with Gasteiger partial charge in [-0.25, -0.2) is 0 Å². The molecular weight excluding hydrogens is 136 g/mol. The van der Waals surface area contributed by atoms with Gasteiger partial charge in [-0.15, -0.1) is 0 Å². The average Bonchev–Trinajstić information content (AvgIpc) is 1.83. The highest BCUT2D eigenvalue weighted by Gasteiger charge is 2.39. The number of rotatable bonds is 2. The van der Waals surface area contributed by atoms with Crippen molar-refractivity contribution in [2.45, 2.75) is 41.5 Å². The van der Waals surface area contributed by atoms with Crippen molar-refractivity contribution in [1.29, 1.82) is 0 Å². The van der Waals surface area contributed by atoms with Crippen LogP contribution in [-0.4, -0.2) is 6.29 Å². The van der Waals surface area contributed by atoms with Crippen LogP contribution < -0.4 is 0 Å². The lowest BCUT2D eigenvalue weighted by molar-refractivity contribution is -0.124. The first-order valence-corrected chi connectivity index (χ1v) is 4.22. The molecule has 0 saturated heterocycles. The molecule has 0 aliphatic rings. The van der Waals surface area contributed by atoms with E-state index in [0.29, 0.717) is 5.92 Å². The lowest BCUT2D eigenvalue weighted by atomic mass is 9.63. The highest BCUT2D eigenvalue weighted by molar-refractivity contribution is 5.60. The Morgan fingerprint density at radius 3 is 1.45 bits per heavy atom. The number of hydrogen-bond donors (Lipinski definition) is 0. The van der Waals surface area contributed by atoms with E-state index in [-0.39, 0.29) is 10.8 Å². The second-order valence-electron chi connectivity index (χ2n) is 4.81. The van der Waals surface area contributed by atoms with Gasteiger partial charge in [0.05, 0.1) is 0 Å². The second kappa shape index (κ2) is 2.96. The molecule has 0 rings (SSSR count). The lowest BCUT2D eigenvalue weighted by Gasteiger charge is -2.40. The van der Waals surface area contributed by atoms with E-state index >= 15 is 0 Å². The highest BCUT2D eigenvalue weighted by Crippen LogP contribution is 2.42. The van der Waals surface area contributed by atoms with Crippen molar-refractivity contribution in [3.63, 3.8) is 0 Å². The Hall–Kier alpha value is -0.330. The van der Waals surface area contributed by atoms with E-state index in [1.165, 1.54) is 0 Å². The standard InChI is InChI=1S/C10H20O/c1-8(2)10(6,7-11)9(3,4)5/h7-8H,1-6H3. The molecule has 0 bridgehead atoms. The fourth-order valence-corrected chi connectivity index (χ4v) is 1.18. The van der Waals surface area contributed by atoms with Crippen molar-refractivity contribution in [3.8, 4) is 0 Å². The monoisotopic (exact) mass is 156 g/mol. The van der Waals surface area contributed by atoms with Gasteiger partial charge in [0, 0.05) is 5.41 Å². The van der Waals surface area contributed by atoms with Crippen LogP contribution in [0.3, 0.4) is 0 Å². The van der Waals surface area contributed by atoms with Crippen molar-refractivity contribution >= 4 is 6.29 Å². The Labute approximate surface area is 70.2 Å². The van der Waals surface area contributed by atoms with Gasteiger partial charge in [0.2, 0.25) is 0 Å². The highest BCUT2D eigenvalue weighted by atomic mass is 16.1. The van der Waals surface area contributed by atoms with Crippen LogP contribution in [0, 0.1) is 16.7 Å². The molecule has 0 aromatic heterocycles. The molecule has 0 N–H and O–H groups in total. The average molecular weight is 156 g/mol. The summed E-state index contributed by atoms with van der Waals surface area (Å²) in [7, 11) is 0. The van der Waals surface area contributed by atoms with E-state index in [4.69, 9.17) is 0 Å². The van der Waals surface area contributed by atoms with Gasteiger partial charge in [-0.05, 0) is 11.3 Å². The van der Waals surface area contributed by atoms with Crippen LogP contribution in [0.5, 0.6) is 0 Å². The number of carbonyl (C=O) groups is 1. The number of aldehydes is 1. The molecule has 1 nitrogen and oxygen atoms in total. The Morgan fingerprint density at radius 1 is 1.09 bits per heavy atom. The Bertz CT molecular complexity index is 141. The van der Waals surface area contributed by atoms with Gasteiger partial charge >= 0.3 is 0 Å². The zero-order valence-electron chi connectivity index (χ0n) is 8.56. The second-order valence-corrected chi connectivity index (χ2v) is 4.81. The molecule has 0 fully saturated rings. The quantitative estimate of drug-likeness (QED) is 0.562. The summed E-state index contributed by atoms with van der Waals surface area (Å²) in [5, 5.41) is 0. The molecule has 1 atom stereocenters. The van der Waals surface area contributed by atoms with Crippen LogP contribution in [-0.2, 0) is 4.79 Å². The Kier molecular flexibility index (Phi) is 2.87. The number of hydrogen-bond acceptors (Lipinski definition) is 1. The SMILES string of the molecule is CC(C)C(C)(C=O)C(C)(C)C. The molecule has 0 amide bonds. The predicted molar refractivity (Wildman–Crippen MR) is 48.5 cm³/mol. The molecule has 0 aromatic carbocycles. The third-order valence-electron chi connectivity index (χ3n) is 3.06. The molecule has 0 radical (unpaired) electrons. The van der Waals surface area contributed by atoms with Crippen LogP contribution in [0.25, 0.3) is 0 Å². The number of carbonyl (C=O) groups excluding carboxylic acids is 1. The summed E-state index contributed by atoms with van der Waals surface area (Å²) in [6.07, 6.45) is 1.09. The molecular formula is C10H20O. The van der Waals surface area contributed by atoms with E-state index in [1.807, 2.05) is 6.92 Å². The van der Waals surface area contributed by atoms with Gasteiger partial charge in [-0.1, -0.05) is 41.5 Å².